The third-order valence-corrected chi connectivity index (χ3v) is 7.16. The van der Waals surface area contributed by atoms with Crippen molar-refractivity contribution in [3.05, 3.63) is 47.2 Å². The van der Waals surface area contributed by atoms with E-state index in [4.69, 9.17) is 21.4 Å². The first-order chi connectivity index (χ1) is 14.2. The number of thiocarbonyl (C=S) groups is 1. The van der Waals surface area contributed by atoms with Gasteiger partial charge in [0.2, 0.25) is 10.9 Å². The third-order valence-electron chi connectivity index (χ3n) is 5.02. The van der Waals surface area contributed by atoms with Crippen LogP contribution in [-0.2, 0) is 14.8 Å². The van der Waals surface area contributed by atoms with Crippen molar-refractivity contribution >= 4 is 39.0 Å². The van der Waals surface area contributed by atoms with Gasteiger partial charge in [-0.3, -0.25) is 0 Å². The molecule has 3 rings (SSSR count). The number of furan rings is 1. The van der Waals surface area contributed by atoms with Crippen molar-refractivity contribution in [2.45, 2.75) is 25.9 Å². The SMILES string of the molecule is CCOC(=O)c1ccc(S(=O)(=O)N2CCN(C(=S)Nc3cccc(C)c3C)CC2)o1. The average molecular weight is 452 g/mol. The largest absolute Gasteiger partial charge is 0.460 e. The van der Waals surface area contributed by atoms with Crippen molar-refractivity contribution < 1.29 is 22.4 Å². The zero-order valence-corrected chi connectivity index (χ0v) is 18.8. The van der Waals surface area contributed by atoms with E-state index < -0.39 is 16.0 Å². The van der Waals surface area contributed by atoms with Gasteiger partial charge in [-0.15, -0.1) is 0 Å². The van der Waals surface area contributed by atoms with E-state index in [2.05, 4.69) is 5.32 Å². The maximum Gasteiger partial charge on any atom is 0.374 e. The number of nitrogens with zero attached hydrogens (tertiary/aromatic N) is 2. The van der Waals surface area contributed by atoms with E-state index in [0.717, 1.165) is 11.3 Å². The molecule has 8 nitrogen and oxygen atoms in total. The summed E-state index contributed by atoms with van der Waals surface area (Å²) in [6.07, 6.45) is 0. The zero-order chi connectivity index (χ0) is 21.9. The number of carbonyl (C=O) groups excluding carboxylic acids is 1. The molecule has 1 aliphatic rings. The molecule has 10 heteroatoms. The van der Waals surface area contributed by atoms with Crippen LogP contribution < -0.4 is 5.32 Å². The lowest BCUT2D eigenvalue weighted by Crippen LogP contribution is -2.51. The standard InChI is InChI=1S/C20H25N3O5S2/c1-4-27-19(24)17-8-9-18(28-17)30(25,26)23-12-10-22(11-13-23)20(29)21-16-7-5-6-14(2)15(16)3/h5-9H,4,10-13H2,1-3H3,(H,21,29). The van der Waals surface area contributed by atoms with Gasteiger partial charge in [0.1, 0.15) is 0 Å². The molecule has 0 amide bonds. The van der Waals surface area contributed by atoms with Crippen molar-refractivity contribution in [1.82, 2.24) is 9.21 Å². The Morgan fingerprint density at radius 3 is 2.53 bits per heavy atom. The normalized spacial score (nSPS) is 15.1. The van der Waals surface area contributed by atoms with Crippen molar-refractivity contribution in [1.29, 1.82) is 0 Å². The van der Waals surface area contributed by atoms with Gasteiger partial charge in [-0.05, 0) is 62.3 Å². The highest BCUT2D eigenvalue weighted by Gasteiger charge is 2.32. The van der Waals surface area contributed by atoms with Crippen LogP contribution in [0.4, 0.5) is 5.69 Å². The minimum atomic E-state index is -3.84. The van der Waals surface area contributed by atoms with Crippen LogP contribution in [0.15, 0.2) is 39.8 Å². The van der Waals surface area contributed by atoms with Crippen LogP contribution in [0.5, 0.6) is 0 Å². The second kappa shape index (κ2) is 9.15. The summed E-state index contributed by atoms with van der Waals surface area (Å²) in [6.45, 7) is 7.31. The Kier molecular flexibility index (Phi) is 6.79. The molecule has 30 heavy (non-hydrogen) atoms. The number of nitrogens with one attached hydrogen (secondary N) is 1. The topological polar surface area (TPSA) is 92.1 Å². The quantitative estimate of drug-likeness (QED) is 0.548. The van der Waals surface area contributed by atoms with E-state index in [9.17, 15) is 13.2 Å². The first-order valence-electron chi connectivity index (χ1n) is 9.63. The van der Waals surface area contributed by atoms with Crippen molar-refractivity contribution in [2.75, 3.05) is 38.1 Å². The number of esters is 1. The first kappa shape index (κ1) is 22.3. The molecule has 0 spiro atoms. The third kappa shape index (κ3) is 4.66. The highest BCUT2D eigenvalue weighted by Crippen LogP contribution is 2.22. The minimum absolute atomic E-state index is 0.132. The lowest BCUT2D eigenvalue weighted by atomic mass is 10.1. The van der Waals surface area contributed by atoms with Crippen LogP contribution in [0, 0.1) is 13.8 Å². The van der Waals surface area contributed by atoms with Gasteiger partial charge in [0.05, 0.1) is 6.61 Å². The fourth-order valence-corrected chi connectivity index (χ4v) is 4.74. The maximum absolute atomic E-state index is 12.8. The summed E-state index contributed by atoms with van der Waals surface area (Å²) in [5.74, 6) is -0.820. The molecule has 1 aliphatic heterocycles. The Hall–Kier alpha value is -2.43. The van der Waals surface area contributed by atoms with Gasteiger partial charge in [-0.25, -0.2) is 13.2 Å². The Morgan fingerprint density at radius 2 is 1.87 bits per heavy atom. The molecule has 0 unspecified atom stereocenters. The van der Waals surface area contributed by atoms with Crippen molar-refractivity contribution in [3.8, 4) is 0 Å². The van der Waals surface area contributed by atoms with Crippen LogP contribution in [0.1, 0.15) is 28.6 Å². The molecule has 1 N–H and O–H groups in total. The fraction of sp³-hybridized carbons (Fsp3) is 0.400. The van der Waals surface area contributed by atoms with Gasteiger partial charge in [0, 0.05) is 31.9 Å². The summed E-state index contributed by atoms with van der Waals surface area (Å²) < 4.78 is 37.1. The Balaban J connectivity index is 1.62. The second-order valence-corrected chi connectivity index (χ2v) is 9.16. The fourth-order valence-electron chi connectivity index (χ4n) is 3.11. The number of sulfonamides is 1. The number of ether oxygens (including phenoxy) is 1. The number of hydrogen-bond acceptors (Lipinski definition) is 6. The Morgan fingerprint density at radius 1 is 1.17 bits per heavy atom. The molecular weight excluding hydrogens is 426 g/mol. The molecule has 1 saturated heterocycles. The van der Waals surface area contributed by atoms with Gasteiger partial charge in [0.15, 0.2) is 5.11 Å². The molecule has 1 aromatic heterocycles. The predicted molar refractivity (Wildman–Crippen MR) is 117 cm³/mol. The van der Waals surface area contributed by atoms with E-state index in [1.807, 2.05) is 36.9 Å². The molecule has 2 heterocycles. The Bertz CT molecular complexity index is 1040. The number of carbonyl (C=O) groups is 1. The number of hydrogen-bond donors (Lipinski definition) is 1. The molecule has 162 valence electrons. The summed E-state index contributed by atoms with van der Waals surface area (Å²) in [5.41, 5.74) is 3.23. The monoisotopic (exact) mass is 451 g/mol. The minimum Gasteiger partial charge on any atom is -0.460 e. The molecule has 0 aliphatic carbocycles. The molecule has 1 aromatic carbocycles. The Labute approximate surface area is 181 Å². The molecule has 1 fully saturated rings. The number of aryl methyl sites for hydroxylation is 1. The lowest BCUT2D eigenvalue weighted by molar-refractivity contribution is 0.0483. The van der Waals surface area contributed by atoms with Crippen molar-refractivity contribution in [2.24, 2.45) is 0 Å². The molecule has 0 radical (unpaired) electrons. The highest BCUT2D eigenvalue weighted by atomic mass is 32.2. The second-order valence-electron chi connectivity index (χ2n) is 6.91. The summed E-state index contributed by atoms with van der Waals surface area (Å²) in [5, 5.41) is 3.54. The van der Waals surface area contributed by atoms with Gasteiger partial charge < -0.3 is 19.4 Å². The molecule has 0 bridgehead atoms. The van der Waals surface area contributed by atoms with Crippen LogP contribution in [0.25, 0.3) is 0 Å². The molecule has 0 atom stereocenters. The summed E-state index contributed by atoms with van der Waals surface area (Å²) >= 11 is 5.52. The van der Waals surface area contributed by atoms with Crippen LogP contribution in [0.2, 0.25) is 0 Å². The number of rotatable bonds is 5. The number of benzene rings is 1. The zero-order valence-electron chi connectivity index (χ0n) is 17.2. The van der Waals surface area contributed by atoms with Gasteiger partial charge in [0.25, 0.3) is 10.0 Å². The van der Waals surface area contributed by atoms with Gasteiger partial charge in [-0.2, -0.15) is 4.31 Å². The average Bonchev–Trinajstić information content (AvgIpc) is 3.23. The lowest BCUT2D eigenvalue weighted by Gasteiger charge is -2.35. The van der Waals surface area contributed by atoms with Gasteiger partial charge >= 0.3 is 5.97 Å². The van der Waals surface area contributed by atoms with Crippen molar-refractivity contribution in [3.63, 3.8) is 0 Å². The smallest absolute Gasteiger partial charge is 0.374 e. The van der Waals surface area contributed by atoms with Gasteiger partial charge in [-0.1, -0.05) is 12.1 Å². The van der Waals surface area contributed by atoms with E-state index >= 15 is 0 Å². The van der Waals surface area contributed by atoms with Crippen LogP contribution in [-0.4, -0.2) is 61.5 Å². The maximum atomic E-state index is 12.8. The highest BCUT2D eigenvalue weighted by molar-refractivity contribution is 7.89. The number of anilines is 1. The predicted octanol–water partition coefficient (Wildman–Crippen LogP) is 2.78. The summed E-state index contributed by atoms with van der Waals surface area (Å²) in [4.78, 5) is 13.7. The summed E-state index contributed by atoms with van der Waals surface area (Å²) in [6, 6.07) is 8.55. The molecule has 2 aromatic rings. The molecule has 0 saturated carbocycles. The van der Waals surface area contributed by atoms with Crippen LogP contribution >= 0.6 is 12.2 Å². The van der Waals surface area contributed by atoms with Crippen LogP contribution in [0.3, 0.4) is 0 Å². The molecular formula is C20H25N3O5S2. The summed E-state index contributed by atoms with van der Waals surface area (Å²) in [7, 11) is -3.84. The first-order valence-corrected chi connectivity index (χ1v) is 11.5. The van der Waals surface area contributed by atoms with E-state index in [1.54, 1.807) is 6.92 Å². The van der Waals surface area contributed by atoms with E-state index in [1.165, 1.54) is 22.0 Å². The van der Waals surface area contributed by atoms with E-state index in [0.29, 0.717) is 18.2 Å². The number of piperazine rings is 1. The van der Waals surface area contributed by atoms with E-state index in [-0.39, 0.29) is 30.5 Å².